The van der Waals surface area contributed by atoms with Crippen LogP contribution in [0.3, 0.4) is 0 Å². The molecule has 0 aromatic heterocycles. The largest absolute Gasteiger partial charge is 0.497 e. The molecule has 0 bridgehead atoms. The maximum absolute atomic E-state index is 8.30. The summed E-state index contributed by atoms with van der Waals surface area (Å²) < 4.78 is 4.88. The Bertz CT molecular complexity index is 86.9. The molecule has 0 heterocycles. The van der Waals surface area contributed by atoms with Gasteiger partial charge in [0.15, 0.2) is 0 Å². The lowest BCUT2D eigenvalue weighted by Crippen LogP contribution is -1.80. The van der Waals surface area contributed by atoms with Gasteiger partial charge in [-0.3, -0.25) is 0 Å². The van der Waals surface area contributed by atoms with Crippen LogP contribution in [0.5, 0.6) is 0 Å². The molecule has 9 heavy (non-hydrogen) atoms. The van der Waals surface area contributed by atoms with Crippen LogP contribution < -0.4 is 0 Å². The molecule has 0 unspecified atom stereocenters. The summed E-state index contributed by atoms with van der Waals surface area (Å²) in [6.07, 6.45) is 5.65. The van der Waals surface area contributed by atoms with Crippen LogP contribution in [0.25, 0.3) is 0 Å². The Kier molecular flexibility index (Phi) is 6.63. The van der Waals surface area contributed by atoms with E-state index in [2.05, 4.69) is 6.58 Å². The van der Waals surface area contributed by atoms with Crippen LogP contribution in [0, 0.1) is 0 Å². The lowest BCUT2D eigenvalue weighted by Gasteiger charge is -1.90. The van der Waals surface area contributed by atoms with E-state index in [-0.39, 0.29) is 6.61 Å². The van der Waals surface area contributed by atoms with Crippen molar-refractivity contribution < 1.29 is 9.84 Å². The van der Waals surface area contributed by atoms with Crippen molar-refractivity contribution in [2.45, 2.75) is 6.42 Å². The van der Waals surface area contributed by atoms with E-state index in [0.717, 1.165) is 0 Å². The Morgan fingerprint density at radius 3 is 2.89 bits per heavy atom. The van der Waals surface area contributed by atoms with E-state index >= 15 is 0 Å². The maximum atomic E-state index is 8.30. The minimum Gasteiger partial charge on any atom is -0.497 e. The van der Waals surface area contributed by atoms with Crippen LogP contribution in [0.2, 0.25) is 0 Å². The molecule has 0 aromatic rings. The lowest BCUT2D eigenvalue weighted by atomic mass is 10.4. The molecule has 0 aliphatic heterocycles. The first kappa shape index (κ1) is 8.24. The summed E-state index contributed by atoms with van der Waals surface area (Å²) in [5.41, 5.74) is 0. The molecule has 0 radical (unpaired) electrons. The van der Waals surface area contributed by atoms with Crippen LogP contribution in [0.4, 0.5) is 0 Å². The number of ether oxygens (including phenoxy) is 1. The third kappa shape index (κ3) is 7.24. The fourth-order valence-corrected chi connectivity index (χ4v) is 0.334. The van der Waals surface area contributed by atoms with Crippen molar-refractivity contribution in [1.29, 1.82) is 0 Å². The molecule has 2 nitrogen and oxygen atoms in total. The molecule has 0 amide bonds. The number of hydrogen-bond acceptors (Lipinski definition) is 2. The van der Waals surface area contributed by atoms with Crippen LogP contribution >= 0.6 is 0 Å². The first-order chi connectivity index (χ1) is 4.41. The van der Waals surface area contributed by atoms with Crippen LogP contribution in [0.1, 0.15) is 6.42 Å². The molecule has 0 fully saturated rings. The Labute approximate surface area is 55.5 Å². The first-order valence-electron chi connectivity index (χ1n) is 2.90. The molecule has 0 aromatic carbocycles. The molecule has 0 aliphatic carbocycles. The van der Waals surface area contributed by atoms with Crippen LogP contribution in [0.15, 0.2) is 25.0 Å². The number of rotatable bonds is 5. The quantitative estimate of drug-likeness (QED) is 0.341. The molecule has 0 saturated carbocycles. The van der Waals surface area contributed by atoms with Crippen molar-refractivity contribution >= 4 is 0 Å². The average Bonchev–Trinajstić information content (AvgIpc) is 1.89. The molecule has 0 rings (SSSR count). The van der Waals surface area contributed by atoms with Crippen LogP contribution in [-0.2, 0) is 4.74 Å². The summed E-state index contributed by atoms with van der Waals surface area (Å²) in [7, 11) is 0. The van der Waals surface area contributed by atoms with E-state index in [4.69, 9.17) is 9.84 Å². The summed E-state index contributed by atoms with van der Waals surface area (Å²) in [6.45, 7) is 4.17. The van der Waals surface area contributed by atoms with Gasteiger partial charge >= 0.3 is 0 Å². The van der Waals surface area contributed by atoms with Crippen molar-refractivity contribution in [2.24, 2.45) is 0 Å². The van der Waals surface area contributed by atoms with Crippen molar-refractivity contribution in [3.05, 3.63) is 25.0 Å². The Hall–Kier alpha value is -0.760. The second-order valence-electron chi connectivity index (χ2n) is 1.51. The highest BCUT2D eigenvalue weighted by Gasteiger charge is 1.72. The van der Waals surface area contributed by atoms with Gasteiger partial charge in [0, 0.05) is 6.61 Å². The standard InChI is InChI=1S/C7H12O2/c1-2-6-9-7-4-3-5-8/h2,4,7-8H,1,3,5-6H2. The molecule has 0 aliphatic rings. The number of aliphatic hydroxyl groups is 1. The minimum absolute atomic E-state index is 0.175. The van der Waals surface area contributed by atoms with Gasteiger partial charge in [0.25, 0.3) is 0 Å². The number of hydrogen-bond donors (Lipinski definition) is 1. The van der Waals surface area contributed by atoms with E-state index in [9.17, 15) is 0 Å². The molecule has 52 valence electrons. The van der Waals surface area contributed by atoms with E-state index in [1.54, 1.807) is 18.4 Å². The van der Waals surface area contributed by atoms with E-state index < -0.39 is 0 Å². The lowest BCUT2D eigenvalue weighted by molar-refractivity contribution is 0.280. The maximum Gasteiger partial charge on any atom is 0.105 e. The van der Waals surface area contributed by atoms with Gasteiger partial charge in [-0.15, -0.1) is 0 Å². The molecule has 0 spiro atoms. The van der Waals surface area contributed by atoms with E-state index in [1.807, 2.05) is 0 Å². The zero-order chi connectivity index (χ0) is 6.95. The number of aliphatic hydroxyl groups excluding tert-OH is 1. The Morgan fingerprint density at radius 2 is 2.33 bits per heavy atom. The molecule has 0 saturated heterocycles. The van der Waals surface area contributed by atoms with Gasteiger partial charge in [-0.1, -0.05) is 12.7 Å². The van der Waals surface area contributed by atoms with Gasteiger partial charge < -0.3 is 9.84 Å². The topological polar surface area (TPSA) is 29.5 Å². The summed E-state index contributed by atoms with van der Waals surface area (Å²) in [5, 5.41) is 8.30. The second-order valence-corrected chi connectivity index (χ2v) is 1.51. The summed E-state index contributed by atoms with van der Waals surface area (Å²) in [6, 6.07) is 0. The molecule has 0 atom stereocenters. The SMILES string of the molecule is C=CCOC=CCCO. The van der Waals surface area contributed by atoms with Gasteiger partial charge in [-0.25, -0.2) is 0 Å². The van der Waals surface area contributed by atoms with Gasteiger partial charge in [-0.2, -0.15) is 0 Å². The smallest absolute Gasteiger partial charge is 0.105 e. The van der Waals surface area contributed by atoms with Crippen molar-refractivity contribution in [3.8, 4) is 0 Å². The van der Waals surface area contributed by atoms with Gasteiger partial charge in [0.05, 0.1) is 6.26 Å². The van der Waals surface area contributed by atoms with Gasteiger partial charge in [-0.05, 0) is 12.5 Å². The third-order valence-corrected chi connectivity index (χ3v) is 0.702. The monoisotopic (exact) mass is 128 g/mol. The normalized spacial score (nSPS) is 9.89. The molecule has 1 N–H and O–H groups in total. The zero-order valence-corrected chi connectivity index (χ0v) is 5.42. The average molecular weight is 128 g/mol. The van der Waals surface area contributed by atoms with Gasteiger partial charge in [0.1, 0.15) is 6.61 Å². The van der Waals surface area contributed by atoms with Crippen molar-refractivity contribution in [2.75, 3.05) is 13.2 Å². The summed E-state index contributed by atoms with van der Waals surface area (Å²) >= 11 is 0. The van der Waals surface area contributed by atoms with E-state index in [0.29, 0.717) is 13.0 Å². The molecule has 2 heteroatoms. The Morgan fingerprint density at radius 1 is 1.56 bits per heavy atom. The van der Waals surface area contributed by atoms with Gasteiger partial charge in [0.2, 0.25) is 0 Å². The molecular weight excluding hydrogens is 116 g/mol. The highest BCUT2D eigenvalue weighted by molar-refractivity contribution is 4.74. The highest BCUT2D eigenvalue weighted by atomic mass is 16.5. The van der Waals surface area contributed by atoms with Crippen molar-refractivity contribution in [1.82, 2.24) is 0 Å². The fourth-order valence-electron chi connectivity index (χ4n) is 0.334. The minimum atomic E-state index is 0.175. The van der Waals surface area contributed by atoms with Crippen molar-refractivity contribution in [3.63, 3.8) is 0 Å². The predicted molar refractivity (Wildman–Crippen MR) is 37.0 cm³/mol. The molecular formula is C7H12O2. The fraction of sp³-hybridized carbons (Fsp3) is 0.429. The zero-order valence-electron chi connectivity index (χ0n) is 5.42. The summed E-state index contributed by atoms with van der Waals surface area (Å²) in [5.74, 6) is 0. The van der Waals surface area contributed by atoms with Crippen LogP contribution in [-0.4, -0.2) is 18.3 Å². The third-order valence-electron chi connectivity index (χ3n) is 0.702. The second kappa shape index (κ2) is 7.24. The Balaban J connectivity index is 2.94. The van der Waals surface area contributed by atoms with E-state index in [1.165, 1.54) is 0 Å². The first-order valence-corrected chi connectivity index (χ1v) is 2.90. The summed E-state index contributed by atoms with van der Waals surface area (Å²) in [4.78, 5) is 0. The highest BCUT2D eigenvalue weighted by Crippen LogP contribution is 1.82. The predicted octanol–water partition coefficient (Wildman–Crippen LogP) is 1.09.